The number of amides is 1. The van der Waals surface area contributed by atoms with Crippen LogP contribution in [0.2, 0.25) is 0 Å². The Bertz CT molecular complexity index is 958. The molecule has 0 aliphatic carbocycles. The van der Waals surface area contributed by atoms with Crippen LogP contribution in [0.3, 0.4) is 0 Å². The second-order valence-corrected chi connectivity index (χ2v) is 7.45. The molecule has 27 heavy (non-hydrogen) atoms. The number of aromatic nitrogens is 1. The minimum Gasteiger partial charge on any atom is -1.00 e. The predicted molar refractivity (Wildman–Crippen MR) is 109 cm³/mol. The number of carbonyl (C=O) groups is 1. The van der Waals surface area contributed by atoms with Gasteiger partial charge in [-0.3, -0.25) is 4.79 Å². The molecule has 0 radical (unpaired) electrons. The van der Waals surface area contributed by atoms with E-state index in [4.69, 9.17) is 0 Å². The van der Waals surface area contributed by atoms with Gasteiger partial charge in [-0.05, 0) is 18.4 Å². The number of carbonyl (C=O) groups excluding carboxylic acids is 1. The molecular formula is C20H18IN3OS2. The number of hydrogen-bond donors (Lipinski definition) is 0. The van der Waals surface area contributed by atoms with Crippen molar-refractivity contribution in [2.24, 2.45) is 4.99 Å². The lowest BCUT2D eigenvalue weighted by atomic mass is 10.2. The number of benzene rings is 2. The maximum atomic E-state index is 12.5. The van der Waals surface area contributed by atoms with E-state index in [0.717, 1.165) is 23.4 Å². The molecule has 7 heteroatoms. The van der Waals surface area contributed by atoms with E-state index in [1.807, 2.05) is 30.5 Å². The summed E-state index contributed by atoms with van der Waals surface area (Å²) in [7, 11) is 0. The minimum atomic E-state index is -0.201. The summed E-state index contributed by atoms with van der Waals surface area (Å²) in [6, 6.07) is 19.6. The van der Waals surface area contributed by atoms with E-state index in [-0.39, 0.29) is 29.9 Å². The van der Waals surface area contributed by atoms with Gasteiger partial charge in [0.1, 0.15) is 18.8 Å². The molecule has 0 unspecified atom stereocenters. The van der Waals surface area contributed by atoms with Gasteiger partial charge in [0.15, 0.2) is 0 Å². The zero-order valence-corrected chi connectivity index (χ0v) is 18.5. The van der Waals surface area contributed by atoms with E-state index in [0.29, 0.717) is 5.56 Å². The highest BCUT2D eigenvalue weighted by atomic mass is 127. The van der Waals surface area contributed by atoms with Crippen LogP contribution in [0.4, 0.5) is 5.13 Å². The van der Waals surface area contributed by atoms with Crippen molar-refractivity contribution < 1.29 is 33.3 Å². The van der Waals surface area contributed by atoms with Gasteiger partial charge in [0.25, 0.3) is 11.1 Å². The lowest BCUT2D eigenvalue weighted by Gasteiger charge is -2.08. The number of nitrogens with zero attached hydrogens (tertiary/aromatic N) is 3. The first-order valence-corrected chi connectivity index (χ1v) is 10.4. The highest BCUT2D eigenvalue weighted by Crippen LogP contribution is 2.30. The zero-order chi connectivity index (χ0) is 17.9. The van der Waals surface area contributed by atoms with Gasteiger partial charge in [-0.2, -0.15) is 9.89 Å². The SMILES string of the molecule is CSC(=NC(=O)c1ccccc1)N1CC[n+]2c(-c3ccccc3)csc21.[I-]. The summed E-state index contributed by atoms with van der Waals surface area (Å²) in [5, 5.41) is 4.04. The second-order valence-electron chi connectivity index (χ2n) is 5.84. The first-order chi connectivity index (χ1) is 12.8. The standard InChI is InChI=1S/C20H18N3OS2.HI/c1-25-19(21-18(24)16-10-6-3-7-11-16)23-13-12-22-17(14-26-20(22)23)15-8-4-2-5-9-15;/h2-11,14H,12-13H2,1H3;1H/q+1;/p-1. The van der Waals surface area contributed by atoms with Crippen LogP contribution in [0.25, 0.3) is 11.3 Å². The highest BCUT2D eigenvalue weighted by molar-refractivity contribution is 8.13. The van der Waals surface area contributed by atoms with Crippen LogP contribution < -0.4 is 33.4 Å². The summed E-state index contributed by atoms with van der Waals surface area (Å²) < 4.78 is 2.30. The molecule has 0 fully saturated rings. The third-order valence-corrected chi connectivity index (χ3v) is 5.95. The van der Waals surface area contributed by atoms with Gasteiger partial charge in [0.05, 0.1) is 0 Å². The number of amidine groups is 1. The molecule has 0 saturated heterocycles. The van der Waals surface area contributed by atoms with Gasteiger partial charge >= 0.3 is 5.13 Å². The predicted octanol–water partition coefficient (Wildman–Crippen LogP) is 1.09. The van der Waals surface area contributed by atoms with Crippen LogP contribution in [-0.2, 0) is 6.54 Å². The molecule has 1 amide bonds. The average molecular weight is 507 g/mol. The second kappa shape index (κ2) is 8.99. The molecule has 4 rings (SSSR count). The average Bonchev–Trinajstić information content (AvgIpc) is 3.29. The molecule has 0 saturated carbocycles. The normalized spacial score (nSPS) is 13.2. The van der Waals surface area contributed by atoms with Crippen LogP contribution in [0.15, 0.2) is 71.0 Å². The van der Waals surface area contributed by atoms with E-state index >= 15 is 0 Å². The number of thioether (sulfide) groups is 1. The summed E-state index contributed by atoms with van der Waals surface area (Å²) in [4.78, 5) is 19.0. The van der Waals surface area contributed by atoms with Crippen LogP contribution in [0.1, 0.15) is 10.4 Å². The molecule has 2 aromatic carbocycles. The Morgan fingerprint density at radius 3 is 2.44 bits per heavy atom. The highest BCUT2D eigenvalue weighted by Gasteiger charge is 2.36. The molecule has 0 atom stereocenters. The number of fused-ring (bicyclic) bond motifs is 1. The molecule has 4 nitrogen and oxygen atoms in total. The van der Waals surface area contributed by atoms with E-state index in [9.17, 15) is 4.79 Å². The molecule has 0 spiro atoms. The summed E-state index contributed by atoms with van der Waals surface area (Å²) in [5.74, 6) is -0.201. The summed E-state index contributed by atoms with van der Waals surface area (Å²) in [6.07, 6.45) is 1.96. The summed E-state index contributed by atoms with van der Waals surface area (Å²) >= 11 is 3.20. The smallest absolute Gasteiger partial charge is 0.343 e. The molecule has 0 N–H and O–H groups in total. The topological polar surface area (TPSA) is 36.6 Å². The number of anilines is 1. The van der Waals surface area contributed by atoms with Crippen molar-refractivity contribution >= 4 is 39.3 Å². The monoisotopic (exact) mass is 507 g/mol. The number of thiazole rings is 1. The number of halogens is 1. The first kappa shape index (κ1) is 20.0. The van der Waals surface area contributed by atoms with E-state index in [1.165, 1.54) is 23.0 Å². The zero-order valence-electron chi connectivity index (χ0n) is 14.7. The molecule has 1 aromatic heterocycles. The summed E-state index contributed by atoms with van der Waals surface area (Å²) in [6.45, 7) is 1.72. The van der Waals surface area contributed by atoms with Crippen LogP contribution in [-0.4, -0.2) is 23.9 Å². The fourth-order valence-corrected chi connectivity index (χ4v) is 4.75. The molecule has 3 aromatic rings. The summed E-state index contributed by atoms with van der Waals surface area (Å²) in [5.41, 5.74) is 3.03. The van der Waals surface area contributed by atoms with Crippen molar-refractivity contribution in [3.05, 3.63) is 71.6 Å². The Kier molecular flexibility index (Phi) is 6.67. The number of rotatable bonds is 2. The van der Waals surface area contributed by atoms with Crippen molar-refractivity contribution in [3.8, 4) is 11.3 Å². The molecule has 1 aliphatic heterocycles. The first-order valence-electron chi connectivity index (χ1n) is 8.34. The van der Waals surface area contributed by atoms with Crippen molar-refractivity contribution in [3.63, 3.8) is 0 Å². The lowest BCUT2D eigenvalue weighted by molar-refractivity contribution is -0.655. The fraction of sp³-hybridized carbons (Fsp3) is 0.150. The van der Waals surface area contributed by atoms with E-state index in [2.05, 4.69) is 44.1 Å². The maximum Gasteiger partial charge on any atom is 0.343 e. The Labute approximate surface area is 184 Å². The van der Waals surface area contributed by atoms with Crippen LogP contribution in [0.5, 0.6) is 0 Å². The number of aliphatic imine (C=N–C) groups is 1. The van der Waals surface area contributed by atoms with Gasteiger partial charge in [0.2, 0.25) is 0 Å². The van der Waals surface area contributed by atoms with Gasteiger partial charge in [-0.1, -0.05) is 71.6 Å². The Morgan fingerprint density at radius 2 is 1.78 bits per heavy atom. The molecule has 2 heterocycles. The molecule has 0 bridgehead atoms. The molecule has 138 valence electrons. The van der Waals surface area contributed by atoms with Gasteiger partial charge in [-0.25, -0.2) is 4.57 Å². The Hall–Kier alpha value is -1.71. The fourth-order valence-electron chi connectivity index (χ4n) is 3.02. The Balaban J connectivity index is 0.00000210. The lowest BCUT2D eigenvalue weighted by Crippen LogP contribution is -3.00. The van der Waals surface area contributed by atoms with Crippen LogP contribution >= 0.6 is 23.1 Å². The van der Waals surface area contributed by atoms with E-state index < -0.39 is 0 Å². The van der Waals surface area contributed by atoms with Gasteiger partial charge in [-0.15, -0.1) is 0 Å². The maximum absolute atomic E-state index is 12.5. The molecular weight excluding hydrogens is 489 g/mol. The van der Waals surface area contributed by atoms with Gasteiger partial charge < -0.3 is 24.0 Å². The quantitative estimate of drug-likeness (QED) is 0.226. The van der Waals surface area contributed by atoms with Crippen molar-refractivity contribution in [1.29, 1.82) is 0 Å². The van der Waals surface area contributed by atoms with Crippen molar-refractivity contribution in [2.45, 2.75) is 6.54 Å². The third-order valence-electron chi connectivity index (χ3n) is 4.28. The van der Waals surface area contributed by atoms with E-state index in [1.54, 1.807) is 23.5 Å². The minimum absolute atomic E-state index is 0. The van der Waals surface area contributed by atoms with Crippen molar-refractivity contribution in [2.75, 3.05) is 17.7 Å². The largest absolute Gasteiger partial charge is 1.00 e. The number of hydrogen-bond acceptors (Lipinski definition) is 3. The van der Waals surface area contributed by atoms with Crippen molar-refractivity contribution in [1.82, 2.24) is 0 Å². The van der Waals surface area contributed by atoms with Crippen LogP contribution in [0, 0.1) is 0 Å². The Morgan fingerprint density at radius 1 is 1.11 bits per heavy atom. The molecule has 1 aliphatic rings. The third kappa shape index (κ3) is 4.09. The van der Waals surface area contributed by atoms with Gasteiger partial charge in [0, 0.05) is 16.5 Å².